The number of aromatic hydroxyl groups is 1. The van der Waals surface area contributed by atoms with E-state index in [4.69, 9.17) is 4.74 Å². The molecule has 1 saturated heterocycles. The summed E-state index contributed by atoms with van der Waals surface area (Å²) < 4.78 is 5.56. The molecule has 0 radical (unpaired) electrons. The van der Waals surface area contributed by atoms with E-state index in [1.54, 1.807) is 0 Å². The van der Waals surface area contributed by atoms with Gasteiger partial charge in [-0.05, 0) is 29.5 Å². The molecule has 1 unspecified atom stereocenters. The lowest BCUT2D eigenvalue weighted by Gasteiger charge is -2.31. The zero-order valence-electron chi connectivity index (χ0n) is 12.4. The number of hydrogen-bond acceptors (Lipinski definition) is 3. The highest BCUT2D eigenvalue weighted by molar-refractivity contribution is 5.40. The lowest BCUT2D eigenvalue weighted by molar-refractivity contribution is -0.0212. The van der Waals surface area contributed by atoms with Crippen LogP contribution in [0.1, 0.15) is 38.8 Å². The summed E-state index contributed by atoms with van der Waals surface area (Å²) in [7, 11) is 0. The molecular weight excluding hydrogens is 238 g/mol. The zero-order valence-corrected chi connectivity index (χ0v) is 12.4. The minimum absolute atomic E-state index is 0.0294. The van der Waals surface area contributed by atoms with E-state index in [0.717, 1.165) is 31.8 Å². The quantitative estimate of drug-likeness (QED) is 0.890. The first kappa shape index (κ1) is 14.4. The molecule has 0 amide bonds. The number of phenolic OH excluding ortho intramolecular Hbond substituents is 1. The van der Waals surface area contributed by atoms with E-state index in [0.29, 0.717) is 11.9 Å². The molecule has 0 bridgehead atoms. The maximum atomic E-state index is 9.98. The van der Waals surface area contributed by atoms with Crippen LogP contribution in [0.4, 0.5) is 0 Å². The highest BCUT2D eigenvalue weighted by Gasteiger charge is 2.20. The molecule has 2 rings (SSSR count). The molecule has 1 aliphatic heterocycles. The monoisotopic (exact) mass is 263 g/mol. The number of phenols is 1. The molecule has 3 heteroatoms. The molecule has 19 heavy (non-hydrogen) atoms. The fraction of sp³-hybridized carbons (Fsp3) is 0.625. The summed E-state index contributed by atoms with van der Waals surface area (Å²) in [5.41, 5.74) is 2.25. The van der Waals surface area contributed by atoms with Crippen LogP contribution in [-0.2, 0) is 16.7 Å². The summed E-state index contributed by atoms with van der Waals surface area (Å²) in [4.78, 5) is 2.41. The maximum absolute atomic E-state index is 9.98. The van der Waals surface area contributed by atoms with Crippen molar-refractivity contribution in [2.75, 3.05) is 19.7 Å². The van der Waals surface area contributed by atoms with Crippen molar-refractivity contribution < 1.29 is 9.84 Å². The van der Waals surface area contributed by atoms with Gasteiger partial charge in [0.15, 0.2) is 0 Å². The zero-order chi connectivity index (χ0) is 14.0. The first-order valence-electron chi connectivity index (χ1n) is 7.02. The van der Waals surface area contributed by atoms with E-state index < -0.39 is 0 Å². The fourth-order valence-corrected chi connectivity index (χ4v) is 2.57. The van der Waals surface area contributed by atoms with Crippen LogP contribution in [0.25, 0.3) is 0 Å². The van der Waals surface area contributed by atoms with Gasteiger partial charge in [-0.2, -0.15) is 0 Å². The molecule has 1 heterocycles. The van der Waals surface area contributed by atoms with E-state index >= 15 is 0 Å². The molecule has 1 fully saturated rings. The second kappa shape index (κ2) is 5.51. The molecule has 3 nitrogen and oxygen atoms in total. The van der Waals surface area contributed by atoms with Crippen molar-refractivity contribution in [3.63, 3.8) is 0 Å². The predicted octanol–water partition coefficient (Wildman–Crippen LogP) is 2.91. The van der Waals surface area contributed by atoms with E-state index in [1.807, 2.05) is 12.1 Å². The largest absolute Gasteiger partial charge is 0.508 e. The number of rotatable bonds is 2. The van der Waals surface area contributed by atoms with Crippen molar-refractivity contribution in [3.05, 3.63) is 29.3 Å². The summed E-state index contributed by atoms with van der Waals surface area (Å²) in [6.45, 7) is 12.2. The SMILES string of the molecule is CC1CN(Cc2ccc(O)c(C(C)(C)C)c2)CCO1. The van der Waals surface area contributed by atoms with E-state index in [9.17, 15) is 5.11 Å². The van der Waals surface area contributed by atoms with E-state index in [-0.39, 0.29) is 5.41 Å². The van der Waals surface area contributed by atoms with Crippen LogP contribution in [0.3, 0.4) is 0 Å². The first-order chi connectivity index (χ1) is 8.86. The van der Waals surface area contributed by atoms with Crippen molar-refractivity contribution >= 4 is 0 Å². The van der Waals surface area contributed by atoms with Gasteiger partial charge in [-0.15, -0.1) is 0 Å². The minimum atomic E-state index is -0.0294. The fourth-order valence-electron chi connectivity index (χ4n) is 2.57. The molecule has 1 aromatic carbocycles. The summed E-state index contributed by atoms with van der Waals surface area (Å²) in [5.74, 6) is 0.395. The highest BCUT2D eigenvalue weighted by atomic mass is 16.5. The maximum Gasteiger partial charge on any atom is 0.119 e. The average molecular weight is 263 g/mol. The Hall–Kier alpha value is -1.06. The number of ether oxygens (including phenoxy) is 1. The van der Waals surface area contributed by atoms with Crippen molar-refractivity contribution in [1.29, 1.82) is 0 Å². The summed E-state index contributed by atoms with van der Waals surface area (Å²) >= 11 is 0. The second-order valence-electron chi connectivity index (χ2n) is 6.52. The van der Waals surface area contributed by atoms with Gasteiger partial charge in [0.2, 0.25) is 0 Å². The predicted molar refractivity (Wildman–Crippen MR) is 77.5 cm³/mol. The Labute approximate surface area is 116 Å². The molecule has 1 aliphatic rings. The Kier molecular flexibility index (Phi) is 4.16. The van der Waals surface area contributed by atoms with Crippen LogP contribution in [0.5, 0.6) is 5.75 Å². The standard InChI is InChI=1S/C16H25NO2/c1-12-10-17(7-8-19-12)11-13-5-6-15(18)14(9-13)16(2,3)4/h5-6,9,12,18H,7-8,10-11H2,1-4H3. The number of morpholine rings is 1. The third-order valence-corrected chi connectivity index (χ3v) is 3.60. The average Bonchev–Trinajstić information content (AvgIpc) is 2.30. The molecule has 0 aliphatic carbocycles. The lowest BCUT2D eigenvalue weighted by Crippen LogP contribution is -2.40. The minimum Gasteiger partial charge on any atom is -0.508 e. The molecule has 0 saturated carbocycles. The molecular formula is C16H25NO2. The third kappa shape index (κ3) is 3.71. The lowest BCUT2D eigenvalue weighted by atomic mass is 9.85. The van der Waals surface area contributed by atoms with Crippen molar-refractivity contribution in [2.24, 2.45) is 0 Å². The van der Waals surface area contributed by atoms with Crippen molar-refractivity contribution in [3.8, 4) is 5.75 Å². The molecule has 0 spiro atoms. The molecule has 1 aromatic rings. The highest BCUT2D eigenvalue weighted by Crippen LogP contribution is 2.31. The Bertz CT molecular complexity index is 437. The van der Waals surface area contributed by atoms with Crippen LogP contribution >= 0.6 is 0 Å². The van der Waals surface area contributed by atoms with Crippen LogP contribution in [0.2, 0.25) is 0 Å². The first-order valence-corrected chi connectivity index (χ1v) is 7.02. The smallest absolute Gasteiger partial charge is 0.119 e. The van der Waals surface area contributed by atoms with Gasteiger partial charge in [0.1, 0.15) is 5.75 Å². The van der Waals surface area contributed by atoms with Gasteiger partial charge in [0, 0.05) is 19.6 Å². The normalized spacial score (nSPS) is 21.6. The van der Waals surface area contributed by atoms with Crippen LogP contribution in [0, 0.1) is 0 Å². The Morgan fingerprint density at radius 1 is 1.37 bits per heavy atom. The second-order valence-corrected chi connectivity index (χ2v) is 6.52. The number of nitrogens with zero attached hydrogens (tertiary/aromatic N) is 1. The van der Waals surface area contributed by atoms with Gasteiger partial charge < -0.3 is 9.84 Å². The van der Waals surface area contributed by atoms with Crippen LogP contribution in [0.15, 0.2) is 18.2 Å². The molecule has 0 aromatic heterocycles. The van der Waals surface area contributed by atoms with Gasteiger partial charge in [0.05, 0.1) is 12.7 Å². The van der Waals surface area contributed by atoms with Crippen molar-refractivity contribution in [1.82, 2.24) is 4.90 Å². The van der Waals surface area contributed by atoms with Crippen LogP contribution < -0.4 is 0 Å². The Balaban J connectivity index is 2.13. The molecule has 1 atom stereocenters. The van der Waals surface area contributed by atoms with Gasteiger partial charge >= 0.3 is 0 Å². The molecule has 106 valence electrons. The Morgan fingerprint density at radius 2 is 2.11 bits per heavy atom. The third-order valence-electron chi connectivity index (χ3n) is 3.60. The molecule has 1 N–H and O–H groups in total. The summed E-state index contributed by atoms with van der Waals surface area (Å²) in [6, 6.07) is 5.97. The number of hydrogen-bond donors (Lipinski definition) is 1. The van der Waals surface area contributed by atoms with Gasteiger partial charge in [-0.25, -0.2) is 0 Å². The summed E-state index contributed by atoms with van der Waals surface area (Å²) in [6.07, 6.45) is 0.313. The van der Waals surface area contributed by atoms with Gasteiger partial charge in [0.25, 0.3) is 0 Å². The van der Waals surface area contributed by atoms with E-state index in [1.165, 1.54) is 5.56 Å². The van der Waals surface area contributed by atoms with Gasteiger partial charge in [-0.3, -0.25) is 4.90 Å². The number of benzene rings is 1. The topological polar surface area (TPSA) is 32.7 Å². The Morgan fingerprint density at radius 3 is 2.74 bits per heavy atom. The van der Waals surface area contributed by atoms with Crippen molar-refractivity contribution in [2.45, 2.75) is 45.8 Å². The van der Waals surface area contributed by atoms with Gasteiger partial charge in [-0.1, -0.05) is 32.9 Å². The van der Waals surface area contributed by atoms with E-state index in [2.05, 4.69) is 38.7 Å². The summed E-state index contributed by atoms with van der Waals surface area (Å²) in [5, 5.41) is 9.98. The van der Waals surface area contributed by atoms with Crippen LogP contribution in [-0.4, -0.2) is 35.8 Å².